The van der Waals surface area contributed by atoms with Crippen LogP contribution in [0.1, 0.15) is 19.3 Å². The fourth-order valence-corrected chi connectivity index (χ4v) is 1.30. The van der Waals surface area contributed by atoms with E-state index < -0.39 is 0 Å². The highest BCUT2D eigenvalue weighted by molar-refractivity contribution is 4.77. The maximum atomic E-state index is 3.16. The Kier molecular flexibility index (Phi) is 5.46. The first kappa shape index (κ1) is 10.9. The van der Waals surface area contributed by atoms with Crippen LogP contribution in [0.25, 0.3) is 0 Å². The van der Waals surface area contributed by atoms with Gasteiger partial charge in [-0.2, -0.15) is 0 Å². The van der Waals surface area contributed by atoms with Gasteiger partial charge >= 0.3 is 0 Å². The van der Waals surface area contributed by atoms with Crippen molar-refractivity contribution in [1.82, 2.24) is 10.2 Å². The molecule has 1 aliphatic rings. The first-order chi connectivity index (χ1) is 4.84. The normalized spacial score (nSPS) is 17.7. The molecule has 11 heavy (non-hydrogen) atoms. The highest BCUT2D eigenvalue weighted by Gasteiger charge is 2.20. The Morgan fingerprint density at radius 3 is 2.45 bits per heavy atom. The minimum absolute atomic E-state index is 0. The Morgan fingerprint density at radius 1 is 1.45 bits per heavy atom. The van der Waals surface area contributed by atoms with Crippen LogP contribution in [0, 0.1) is 0 Å². The Labute approximate surface area is 69.1 Å². The number of nitrogens with zero attached hydrogens (tertiary/aromatic N) is 1. The van der Waals surface area contributed by atoms with Crippen molar-refractivity contribution in [2.24, 2.45) is 0 Å². The van der Waals surface area contributed by atoms with Gasteiger partial charge in [0, 0.05) is 19.1 Å². The van der Waals surface area contributed by atoms with Crippen LogP contribution in [0.3, 0.4) is 0 Å². The molecule has 3 nitrogen and oxygen atoms in total. The molecule has 0 aromatic heterocycles. The molecule has 0 amide bonds. The third-order valence-electron chi connectivity index (χ3n) is 2.41. The van der Waals surface area contributed by atoms with Crippen LogP contribution in [0.2, 0.25) is 0 Å². The van der Waals surface area contributed by atoms with E-state index in [0.717, 1.165) is 12.6 Å². The largest absolute Gasteiger partial charge is 0.412 e. The van der Waals surface area contributed by atoms with Gasteiger partial charge in [0.25, 0.3) is 0 Å². The molecule has 1 rings (SSSR count). The fraction of sp³-hybridized carbons (Fsp3) is 1.00. The summed E-state index contributed by atoms with van der Waals surface area (Å²) in [7, 11) is 4.23. The molecule has 3 heteroatoms. The molecule has 0 heterocycles. The fourth-order valence-electron chi connectivity index (χ4n) is 1.30. The van der Waals surface area contributed by atoms with Gasteiger partial charge in [-0.3, -0.25) is 0 Å². The highest BCUT2D eigenvalue weighted by Crippen LogP contribution is 2.22. The van der Waals surface area contributed by atoms with Crippen LogP contribution < -0.4 is 5.32 Å². The van der Waals surface area contributed by atoms with Gasteiger partial charge in [0.1, 0.15) is 0 Å². The molecular formula is C8H20N2O. The number of hydrogen-bond acceptors (Lipinski definition) is 2. The van der Waals surface area contributed by atoms with Crippen LogP contribution in [0.15, 0.2) is 0 Å². The van der Waals surface area contributed by atoms with E-state index in [-0.39, 0.29) is 5.48 Å². The van der Waals surface area contributed by atoms with Gasteiger partial charge in [-0.1, -0.05) is 6.42 Å². The predicted molar refractivity (Wildman–Crippen MR) is 47.8 cm³/mol. The summed E-state index contributed by atoms with van der Waals surface area (Å²) in [5.41, 5.74) is 0. The number of likely N-dealkylation sites (N-methyl/N-ethyl adjacent to an activating group) is 2. The molecule has 0 saturated heterocycles. The van der Waals surface area contributed by atoms with E-state index in [4.69, 9.17) is 0 Å². The molecule has 1 saturated carbocycles. The zero-order valence-corrected chi connectivity index (χ0v) is 7.56. The molecule has 0 spiro atoms. The van der Waals surface area contributed by atoms with Crippen LogP contribution in [-0.2, 0) is 0 Å². The minimum Gasteiger partial charge on any atom is -0.412 e. The van der Waals surface area contributed by atoms with Gasteiger partial charge in [-0.15, -0.1) is 0 Å². The summed E-state index contributed by atoms with van der Waals surface area (Å²) in [6.07, 6.45) is 4.27. The van der Waals surface area contributed by atoms with Crippen molar-refractivity contribution in [3.05, 3.63) is 0 Å². The predicted octanol–water partition coefficient (Wildman–Crippen LogP) is -0.135. The molecule has 1 aliphatic carbocycles. The molecule has 0 aromatic rings. The van der Waals surface area contributed by atoms with Crippen molar-refractivity contribution >= 4 is 0 Å². The summed E-state index contributed by atoms with van der Waals surface area (Å²) in [5.74, 6) is 0. The first-order valence-electron chi connectivity index (χ1n) is 4.19. The van der Waals surface area contributed by atoms with E-state index in [0.29, 0.717) is 0 Å². The summed E-state index contributed by atoms with van der Waals surface area (Å²) in [4.78, 5) is 2.46. The van der Waals surface area contributed by atoms with Crippen LogP contribution in [-0.4, -0.2) is 43.6 Å². The second-order valence-electron chi connectivity index (χ2n) is 3.17. The lowest BCUT2D eigenvalue weighted by Gasteiger charge is -2.34. The molecule has 0 unspecified atom stereocenters. The lowest BCUT2D eigenvalue weighted by Crippen LogP contribution is -2.40. The summed E-state index contributed by atoms with van der Waals surface area (Å²) in [6.45, 7) is 2.31. The van der Waals surface area contributed by atoms with Crippen molar-refractivity contribution in [3.8, 4) is 0 Å². The lowest BCUT2D eigenvalue weighted by atomic mass is 9.92. The quantitative estimate of drug-likeness (QED) is 0.622. The molecule has 0 aromatic carbocycles. The van der Waals surface area contributed by atoms with E-state index >= 15 is 0 Å². The summed E-state index contributed by atoms with van der Waals surface area (Å²) in [6, 6.07) is 0.897. The van der Waals surface area contributed by atoms with Gasteiger partial charge in [-0.25, -0.2) is 0 Å². The Balaban J connectivity index is 0.000001000. The minimum atomic E-state index is 0. The smallest absolute Gasteiger partial charge is 0.0107 e. The second kappa shape index (κ2) is 5.52. The first-order valence-corrected chi connectivity index (χ1v) is 4.19. The topological polar surface area (TPSA) is 46.8 Å². The second-order valence-corrected chi connectivity index (χ2v) is 3.17. The zero-order valence-electron chi connectivity index (χ0n) is 7.56. The van der Waals surface area contributed by atoms with E-state index in [2.05, 4.69) is 17.3 Å². The monoisotopic (exact) mass is 160 g/mol. The molecule has 68 valence electrons. The summed E-state index contributed by atoms with van der Waals surface area (Å²) < 4.78 is 0. The molecule has 0 radical (unpaired) electrons. The van der Waals surface area contributed by atoms with Gasteiger partial charge in [0.05, 0.1) is 0 Å². The molecule has 3 N–H and O–H groups in total. The highest BCUT2D eigenvalue weighted by atomic mass is 16.0. The van der Waals surface area contributed by atoms with Crippen molar-refractivity contribution in [1.29, 1.82) is 0 Å². The molecule has 0 aliphatic heterocycles. The van der Waals surface area contributed by atoms with Gasteiger partial charge in [0.15, 0.2) is 0 Å². The van der Waals surface area contributed by atoms with Gasteiger partial charge in [-0.05, 0) is 26.9 Å². The number of rotatable bonds is 4. The van der Waals surface area contributed by atoms with Crippen LogP contribution >= 0.6 is 0 Å². The van der Waals surface area contributed by atoms with Crippen molar-refractivity contribution < 1.29 is 5.48 Å². The maximum Gasteiger partial charge on any atom is 0.0107 e. The van der Waals surface area contributed by atoms with E-state index in [1.54, 1.807) is 0 Å². The molecular weight excluding hydrogens is 140 g/mol. The average Bonchev–Trinajstić information content (AvgIpc) is 1.79. The van der Waals surface area contributed by atoms with E-state index in [1.807, 2.05) is 7.05 Å². The van der Waals surface area contributed by atoms with E-state index in [9.17, 15) is 0 Å². The molecule has 0 bridgehead atoms. The Hall–Kier alpha value is -0.120. The molecule has 0 atom stereocenters. The van der Waals surface area contributed by atoms with Crippen LogP contribution in [0.5, 0.6) is 0 Å². The summed E-state index contributed by atoms with van der Waals surface area (Å²) >= 11 is 0. The van der Waals surface area contributed by atoms with Crippen molar-refractivity contribution in [2.75, 3.05) is 27.2 Å². The van der Waals surface area contributed by atoms with Crippen molar-refractivity contribution in [3.63, 3.8) is 0 Å². The zero-order chi connectivity index (χ0) is 7.40. The van der Waals surface area contributed by atoms with Gasteiger partial charge in [0.2, 0.25) is 0 Å². The standard InChI is InChI=1S/C8H18N2.H2O/c1-9-6-7-10(2)8-4-3-5-8;/h8-9H,3-7H2,1-2H3;1H2. The summed E-state index contributed by atoms with van der Waals surface area (Å²) in [5, 5.41) is 3.16. The average molecular weight is 160 g/mol. The van der Waals surface area contributed by atoms with Crippen LogP contribution in [0.4, 0.5) is 0 Å². The number of nitrogens with one attached hydrogen (secondary N) is 1. The van der Waals surface area contributed by atoms with Crippen molar-refractivity contribution in [2.45, 2.75) is 25.3 Å². The maximum absolute atomic E-state index is 3.16. The third-order valence-corrected chi connectivity index (χ3v) is 2.41. The SMILES string of the molecule is CNCCN(C)C1CCC1.O. The number of hydrogen-bond donors (Lipinski definition) is 1. The lowest BCUT2D eigenvalue weighted by molar-refractivity contribution is 0.161. The Morgan fingerprint density at radius 2 is 2.09 bits per heavy atom. The van der Waals surface area contributed by atoms with E-state index in [1.165, 1.54) is 25.8 Å². The third kappa shape index (κ3) is 3.18. The Bertz CT molecular complexity index is 94.1. The molecule has 1 fully saturated rings. The van der Waals surface area contributed by atoms with Gasteiger partial charge < -0.3 is 15.7 Å².